The number of pyridine rings is 1. The lowest BCUT2D eigenvalue weighted by atomic mass is 10.2. The summed E-state index contributed by atoms with van der Waals surface area (Å²) in [7, 11) is 0. The van der Waals surface area contributed by atoms with Crippen LogP contribution in [0.4, 0.5) is 13.2 Å². The molecule has 2 aromatic rings. The van der Waals surface area contributed by atoms with Gasteiger partial charge < -0.3 is 4.52 Å². The van der Waals surface area contributed by atoms with Gasteiger partial charge in [-0.05, 0) is 30.5 Å². The smallest absolute Gasteiger partial charge is 0.338 e. The van der Waals surface area contributed by atoms with Crippen molar-refractivity contribution in [2.24, 2.45) is 0 Å². The molecule has 1 aliphatic carbocycles. The molecule has 0 aromatic carbocycles. The van der Waals surface area contributed by atoms with Gasteiger partial charge in [0.1, 0.15) is 0 Å². The van der Waals surface area contributed by atoms with Gasteiger partial charge in [-0.3, -0.25) is 9.88 Å². The van der Waals surface area contributed by atoms with E-state index in [0.717, 1.165) is 18.4 Å². The first-order valence-electron chi connectivity index (χ1n) is 6.55. The van der Waals surface area contributed by atoms with E-state index in [1.54, 1.807) is 12.4 Å². The van der Waals surface area contributed by atoms with Gasteiger partial charge in [-0.1, -0.05) is 5.16 Å². The molecule has 0 unspecified atom stereocenters. The standard InChI is InChI=1S/C13H13F3N4O/c14-13(15,16)12-18-11(21-19-12)8-20(10-1-2-10)7-9-3-5-17-6-4-9/h3-6,10H,1-2,7-8H2. The first-order chi connectivity index (χ1) is 10.0. The van der Waals surface area contributed by atoms with E-state index in [2.05, 4.69) is 15.1 Å². The van der Waals surface area contributed by atoms with E-state index < -0.39 is 12.0 Å². The maximum Gasteiger partial charge on any atom is 0.455 e. The summed E-state index contributed by atoms with van der Waals surface area (Å²) in [5.41, 5.74) is 1.05. The minimum absolute atomic E-state index is 0.0109. The summed E-state index contributed by atoms with van der Waals surface area (Å²) in [5.74, 6) is -1.24. The number of hydrogen-bond donors (Lipinski definition) is 0. The van der Waals surface area contributed by atoms with Crippen molar-refractivity contribution < 1.29 is 17.7 Å². The molecule has 0 amide bonds. The van der Waals surface area contributed by atoms with Crippen LogP contribution in [0.2, 0.25) is 0 Å². The van der Waals surface area contributed by atoms with Crippen LogP contribution in [-0.4, -0.2) is 26.1 Å². The molecule has 0 atom stereocenters. The highest BCUT2D eigenvalue weighted by atomic mass is 19.4. The van der Waals surface area contributed by atoms with Crippen molar-refractivity contribution in [2.75, 3.05) is 0 Å². The van der Waals surface area contributed by atoms with Gasteiger partial charge in [-0.25, -0.2) is 0 Å². The molecule has 2 heterocycles. The van der Waals surface area contributed by atoms with Crippen molar-refractivity contribution in [1.29, 1.82) is 0 Å². The molecule has 8 heteroatoms. The van der Waals surface area contributed by atoms with Crippen molar-refractivity contribution in [3.63, 3.8) is 0 Å². The number of halogens is 3. The summed E-state index contributed by atoms with van der Waals surface area (Å²) in [5, 5.41) is 2.98. The van der Waals surface area contributed by atoms with E-state index >= 15 is 0 Å². The second-order valence-electron chi connectivity index (χ2n) is 5.00. The van der Waals surface area contributed by atoms with Crippen LogP contribution in [0.15, 0.2) is 29.0 Å². The van der Waals surface area contributed by atoms with Gasteiger partial charge in [-0.2, -0.15) is 18.2 Å². The molecule has 0 spiro atoms. The highest BCUT2D eigenvalue weighted by Crippen LogP contribution is 2.30. The number of rotatable bonds is 5. The summed E-state index contributed by atoms with van der Waals surface area (Å²) in [6, 6.07) is 4.12. The van der Waals surface area contributed by atoms with Gasteiger partial charge in [0.15, 0.2) is 0 Å². The molecule has 112 valence electrons. The average Bonchev–Trinajstić information content (AvgIpc) is 3.17. The Labute approximate surface area is 118 Å². The lowest BCUT2D eigenvalue weighted by molar-refractivity contribution is -0.146. The molecular formula is C13H13F3N4O. The molecule has 3 rings (SSSR count). The van der Waals surface area contributed by atoms with Gasteiger partial charge in [0.25, 0.3) is 5.82 Å². The Hall–Kier alpha value is -1.96. The first-order valence-corrected chi connectivity index (χ1v) is 6.55. The predicted octanol–water partition coefficient (Wildman–Crippen LogP) is 2.65. The van der Waals surface area contributed by atoms with Crippen LogP contribution in [0.3, 0.4) is 0 Å². The SMILES string of the molecule is FC(F)(F)c1noc(CN(Cc2ccncc2)C2CC2)n1. The number of alkyl halides is 3. The van der Waals surface area contributed by atoms with E-state index in [1.165, 1.54) is 0 Å². The molecule has 0 saturated heterocycles. The Bertz CT molecular complexity index is 595. The summed E-state index contributed by atoms with van der Waals surface area (Å²) < 4.78 is 42.1. The van der Waals surface area contributed by atoms with Crippen LogP contribution in [0, 0.1) is 0 Å². The van der Waals surface area contributed by atoms with Crippen LogP contribution < -0.4 is 0 Å². The predicted molar refractivity (Wildman–Crippen MR) is 65.8 cm³/mol. The van der Waals surface area contributed by atoms with Crippen LogP contribution in [0.5, 0.6) is 0 Å². The molecule has 0 aliphatic heterocycles. The Balaban J connectivity index is 1.69. The highest BCUT2D eigenvalue weighted by molar-refractivity contribution is 5.10. The second-order valence-corrected chi connectivity index (χ2v) is 5.00. The van der Waals surface area contributed by atoms with Crippen LogP contribution in [0.25, 0.3) is 0 Å². The van der Waals surface area contributed by atoms with Gasteiger partial charge in [0.2, 0.25) is 5.89 Å². The van der Waals surface area contributed by atoms with Crippen molar-refractivity contribution in [1.82, 2.24) is 20.0 Å². The van der Waals surface area contributed by atoms with E-state index in [4.69, 9.17) is 4.52 Å². The first kappa shape index (κ1) is 14.0. The minimum atomic E-state index is -4.57. The molecule has 21 heavy (non-hydrogen) atoms. The van der Waals surface area contributed by atoms with E-state index in [-0.39, 0.29) is 12.4 Å². The van der Waals surface area contributed by atoms with E-state index in [0.29, 0.717) is 12.6 Å². The third-order valence-corrected chi connectivity index (χ3v) is 3.26. The summed E-state index contributed by atoms with van der Waals surface area (Å²) in [6.45, 7) is 0.840. The summed E-state index contributed by atoms with van der Waals surface area (Å²) in [6.07, 6.45) is 0.873. The second kappa shape index (κ2) is 5.44. The highest BCUT2D eigenvalue weighted by Gasteiger charge is 2.38. The minimum Gasteiger partial charge on any atom is -0.338 e. The fourth-order valence-corrected chi connectivity index (χ4v) is 2.08. The molecule has 0 bridgehead atoms. The lowest BCUT2D eigenvalue weighted by Gasteiger charge is -2.19. The average molecular weight is 298 g/mol. The molecular weight excluding hydrogens is 285 g/mol. The maximum atomic E-state index is 12.5. The normalized spacial score (nSPS) is 15.6. The molecule has 1 aliphatic rings. The van der Waals surface area contributed by atoms with Crippen molar-refractivity contribution in [2.45, 2.75) is 38.1 Å². The zero-order chi connectivity index (χ0) is 14.9. The topological polar surface area (TPSA) is 55.1 Å². The molecule has 1 fully saturated rings. The largest absolute Gasteiger partial charge is 0.455 e. The fourth-order valence-electron chi connectivity index (χ4n) is 2.08. The Kier molecular flexibility index (Phi) is 3.62. The molecule has 1 saturated carbocycles. The quantitative estimate of drug-likeness (QED) is 0.849. The lowest BCUT2D eigenvalue weighted by Crippen LogP contribution is -2.25. The number of nitrogens with zero attached hydrogens (tertiary/aromatic N) is 4. The number of hydrogen-bond acceptors (Lipinski definition) is 5. The van der Waals surface area contributed by atoms with Crippen LogP contribution >= 0.6 is 0 Å². The molecule has 0 N–H and O–H groups in total. The molecule has 2 aromatic heterocycles. The van der Waals surface area contributed by atoms with Crippen molar-refractivity contribution in [3.8, 4) is 0 Å². The monoisotopic (exact) mass is 298 g/mol. The van der Waals surface area contributed by atoms with Gasteiger partial charge in [0, 0.05) is 25.0 Å². The third kappa shape index (κ3) is 3.57. The van der Waals surface area contributed by atoms with E-state index in [1.807, 2.05) is 17.0 Å². The summed E-state index contributed by atoms with van der Waals surface area (Å²) in [4.78, 5) is 9.40. The van der Waals surface area contributed by atoms with Crippen LogP contribution in [0.1, 0.15) is 30.1 Å². The Morgan fingerprint density at radius 2 is 1.90 bits per heavy atom. The fraction of sp³-hybridized carbons (Fsp3) is 0.462. The van der Waals surface area contributed by atoms with Gasteiger partial charge in [0.05, 0.1) is 6.54 Å². The maximum absolute atomic E-state index is 12.5. The van der Waals surface area contributed by atoms with Crippen LogP contribution in [-0.2, 0) is 19.3 Å². The Morgan fingerprint density at radius 3 is 2.48 bits per heavy atom. The van der Waals surface area contributed by atoms with Crippen molar-refractivity contribution in [3.05, 3.63) is 41.8 Å². The van der Waals surface area contributed by atoms with Gasteiger partial charge in [-0.15, -0.1) is 0 Å². The zero-order valence-corrected chi connectivity index (χ0v) is 11.0. The number of aromatic nitrogens is 3. The Morgan fingerprint density at radius 1 is 1.19 bits per heavy atom. The van der Waals surface area contributed by atoms with E-state index in [9.17, 15) is 13.2 Å². The van der Waals surface area contributed by atoms with Crippen molar-refractivity contribution >= 4 is 0 Å². The summed E-state index contributed by atoms with van der Waals surface area (Å²) >= 11 is 0. The van der Waals surface area contributed by atoms with Gasteiger partial charge >= 0.3 is 6.18 Å². The zero-order valence-electron chi connectivity index (χ0n) is 11.0. The molecule has 0 radical (unpaired) electrons. The third-order valence-electron chi connectivity index (χ3n) is 3.26. The molecule has 5 nitrogen and oxygen atoms in total.